The van der Waals surface area contributed by atoms with Gasteiger partial charge in [0, 0.05) is 31.8 Å². The number of methoxy groups -OCH3 is 1. The van der Waals surface area contributed by atoms with Crippen LogP contribution < -0.4 is 10.6 Å². The lowest BCUT2D eigenvalue weighted by Crippen LogP contribution is -2.61. The van der Waals surface area contributed by atoms with E-state index < -0.39 is 11.7 Å². The maximum Gasteiger partial charge on any atom is 0.254 e. The van der Waals surface area contributed by atoms with Crippen molar-refractivity contribution in [3.05, 3.63) is 23.6 Å². The van der Waals surface area contributed by atoms with Gasteiger partial charge < -0.3 is 15.4 Å². The van der Waals surface area contributed by atoms with Crippen LogP contribution in [-0.2, 0) is 4.74 Å². The Morgan fingerprint density at radius 3 is 2.80 bits per heavy atom. The molecule has 1 aliphatic rings. The number of amides is 1. The summed E-state index contributed by atoms with van der Waals surface area (Å²) < 4.78 is 19.4. The van der Waals surface area contributed by atoms with Crippen LogP contribution in [0.15, 0.2) is 12.3 Å². The zero-order valence-electron chi connectivity index (χ0n) is 12.2. The maximum absolute atomic E-state index is 14.0. The van der Waals surface area contributed by atoms with Gasteiger partial charge in [-0.3, -0.25) is 4.79 Å². The number of rotatable bonds is 4. The number of nitrogens with one attached hydrogen (secondary N) is 2. The second kappa shape index (κ2) is 5.36. The molecule has 1 aromatic rings. The van der Waals surface area contributed by atoms with E-state index >= 15 is 0 Å². The van der Waals surface area contributed by atoms with Crippen molar-refractivity contribution >= 4 is 11.7 Å². The van der Waals surface area contributed by atoms with Crippen LogP contribution in [0.4, 0.5) is 10.2 Å². The lowest BCUT2D eigenvalue weighted by molar-refractivity contribution is -0.0942. The predicted octanol–water partition coefficient (Wildman–Crippen LogP) is 1.81. The molecule has 1 aromatic heterocycles. The van der Waals surface area contributed by atoms with Gasteiger partial charge in [0.25, 0.3) is 5.91 Å². The molecule has 0 saturated heterocycles. The second-order valence-corrected chi connectivity index (χ2v) is 5.58. The summed E-state index contributed by atoms with van der Waals surface area (Å²) in [4.78, 5) is 16.0. The molecule has 0 aliphatic heterocycles. The summed E-state index contributed by atoms with van der Waals surface area (Å²) in [5.41, 5.74) is -0.152. The van der Waals surface area contributed by atoms with Crippen molar-refractivity contribution in [2.45, 2.75) is 32.4 Å². The Morgan fingerprint density at radius 2 is 2.25 bits per heavy atom. The third-order valence-corrected chi connectivity index (χ3v) is 4.14. The molecule has 0 spiro atoms. The largest absolute Gasteiger partial charge is 0.381 e. The topological polar surface area (TPSA) is 63.2 Å². The molecule has 6 heteroatoms. The van der Waals surface area contributed by atoms with Crippen molar-refractivity contribution < 1.29 is 13.9 Å². The summed E-state index contributed by atoms with van der Waals surface area (Å²) in [6.07, 6.45) is 2.26. The molecule has 1 amide bonds. The normalized spacial score (nSPS) is 23.9. The van der Waals surface area contributed by atoms with Crippen LogP contribution >= 0.6 is 0 Å². The summed E-state index contributed by atoms with van der Waals surface area (Å²) in [5, 5.41) is 5.48. The predicted molar refractivity (Wildman–Crippen MR) is 74.2 cm³/mol. The average molecular weight is 281 g/mol. The first kappa shape index (κ1) is 14.7. The molecule has 5 nitrogen and oxygen atoms in total. The first-order valence-electron chi connectivity index (χ1n) is 6.57. The van der Waals surface area contributed by atoms with Crippen LogP contribution in [0, 0.1) is 11.2 Å². The molecule has 1 fully saturated rings. The monoisotopic (exact) mass is 281 g/mol. The molecule has 0 radical (unpaired) electrons. The number of carbonyl (C=O) groups excluding carboxylic acids is 1. The lowest BCUT2D eigenvalue weighted by atomic mass is 9.64. The van der Waals surface area contributed by atoms with E-state index in [1.807, 2.05) is 13.8 Å². The molecule has 2 N–H and O–H groups in total. The Labute approximate surface area is 117 Å². The van der Waals surface area contributed by atoms with Gasteiger partial charge >= 0.3 is 0 Å². The third kappa shape index (κ3) is 2.35. The van der Waals surface area contributed by atoms with Crippen molar-refractivity contribution in [2.24, 2.45) is 5.41 Å². The molecule has 0 aromatic carbocycles. The van der Waals surface area contributed by atoms with E-state index in [2.05, 4.69) is 15.6 Å². The molecule has 1 heterocycles. The van der Waals surface area contributed by atoms with Gasteiger partial charge in [-0.1, -0.05) is 13.8 Å². The number of anilines is 1. The number of hydrogen-bond acceptors (Lipinski definition) is 4. The summed E-state index contributed by atoms with van der Waals surface area (Å²) in [6, 6.07) is 1.36. The molecule has 20 heavy (non-hydrogen) atoms. The molecule has 110 valence electrons. The number of nitrogens with zero attached hydrogens (tertiary/aromatic N) is 1. The fourth-order valence-corrected chi connectivity index (χ4v) is 2.56. The zero-order chi connectivity index (χ0) is 14.9. The SMILES string of the molecule is CNc1nccc(C(=O)NC2CC(OC)C2(C)C)c1F. The molecule has 2 rings (SSSR count). The quantitative estimate of drug-likeness (QED) is 0.883. The van der Waals surface area contributed by atoms with Gasteiger partial charge in [-0.15, -0.1) is 0 Å². The van der Waals surface area contributed by atoms with Gasteiger partial charge in [0.15, 0.2) is 11.6 Å². The van der Waals surface area contributed by atoms with Crippen molar-refractivity contribution in [3.8, 4) is 0 Å². The maximum atomic E-state index is 14.0. The van der Waals surface area contributed by atoms with Gasteiger partial charge in [-0.2, -0.15) is 0 Å². The van der Waals surface area contributed by atoms with E-state index in [1.165, 1.54) is 12.3 Å². The Morgan fingerprint density at radius 1 is 1.55 bits per heavy atom. The van der Waals surface area contributed by atoms with Crippen LogP contribution in [0.3, 0.4) is 0 Å². The highest BCUT2D eigenvalue weighted by atomic mass is 19.1. The number of hydrogen-bond donors (Lipinski definition) is 2. The highest BCUT2D eigenvalue weighted by Crippen LogP contribution is 2.42. The minimum absolute atomic E-state index is 0.000942. The van der Waals surface area contributed by atoms with E-state index in [9.17, 15) is 9.18 Å². The number of carbonyl (C=O) groups is 1. The number of pyridine rings is 1. The first-order chi connectivity index (χ1) is 9.41. The van der Waals surface area contributed by atoms with Crippen LogP contribution in [0.1, 0.15) is 30.6 Å². The van der Waals surface area contributed by atoms with Gasteiger partial charge in [-0.05, 0) is 12.5 Å². The van der Waals surface area contributed by atoms with Crippen molar-refractivity contribution in [3.63, 3.8) is 0 Å². The second-order valence-electron chi connectivity index (χ2n) is 5.58. The van der Waals surface area contributed by atoms with E-state index in [-0.39, 0.29) is 28.9 Å². The number of aromatic nitrogens is 1. The summed E-state index contributed by atoms with van der Waals surface area (Å²) in [6.45, 7) is 4.05. The molecular formula is C14H20FN3O2. The van der Waals surface area contributed by atoms with E-state index in [0.29, 0.717) is 0 Å². The van der Waals surface area contributed by atoms with Crippen molar-refractivity contribution in [1.29, 1.82) is 0 Å². The summed E-state index contributed by atoms with van der Waals surface area (Å²) in [5.74, 6) is -0.984. The Balaban J connectivity index is 2.11. The van der Waals surface area contributed by atoms with Gasteiger partial charge in [0.2, 0.25) is 0 Å². The van der Waals surface area contributed by atoms with E-state index in [1.54, 1.807) is 14.2 Å². The molecule has 1 saturated carbocycles. The minimum atomic E-state index is -0.632. The molecule has 1 aliphatic carbocycles. The number of ether oxygens (including phenoxy) is 1. The number of halogens is 1. The Hall–Kier alpha value is -1.69. The van der Waals surface area contributed by atoms with Crippen LogP contribution in [0.25, 0.3) is 0 Å². The van der Waals surface area contributed by atoms with Gasteiger partial charge in [0.05, 0.1) is 11.7 Å². The third-order valence-electron chi connectivity index (χ3n) is 4.14. The minimum Gasteiger partial charge on any atom is -0.381 e. The van der Waals surface area contributed by atoms with Crippen molar-refractivity contribution in [2.75, 3.05) is 19.5 Å². The molecule has 0 bridgehead atoms. The van der Waals surface area contributed by atoms with Gasteiger partial charge in [-0.25, -0.2) is 9.37 Å². The molecular weight excluding hydrogens is 261 g/mol. The zero-order valence-corrected chi connectivity index (χ0v) is 12.2. The highest BCUT2D eigenvalue weighted by molar-refractivity contribution is 5.95. The van der Waals surface area contributed by atoms with Gasteiger partial charge in [0.1, 0.15) is 0 Å². The summed E-state index contributed by atoms with van der Waals surface area (Å²) in [7, 11) is 3.22. The van der Waals surface area contributed by atoms with Crippen molar-refractivity contribution in [1.82, 2.24) is 10.3 Å². The summed E-state index contributed by atoms with van der Waals surface area (Å²) >= 11 is 0. The van der Waals surface area contributed by atoms with Crippen LogP contribution in [0.5, 0.6) is 0 Å². The lowest BCUT2D eigenvalue weighted by Gasteiger charge is -2.51. The van der Waals surface area contributed by atoms with E-state index in [0.717, 1.165) is 6.42 Å². The van der Waals surface area contributed by atoms with E-state index in [4.69, 9.17) is 4.74 Å². The fourth-order valence-electron chi connectivity index (χ4n) is 2.56. The van der Waals surface area contributed by atoms with Crippen LogP contribution in [0.2, 0.25) is 0 Å². The Bertz CT molecular complexity index is 519. The standard InChI is InChI=1S/C14H20FN3O2/c1-14(2)9(7-10(14)20-4)18-13(19)8-5-6-17-12(16-3)11(8)15/h5-6,9-10H,7H2,1-4H3,(H,16,17)(H,18,19). The molecule has 2 atom stereocenters. The fraction of sp³-hybridized carbons (Fsp3) is 0.571. The first-order valence-corrected chi connectivity index (χ1v) is 6.57. The smallest absolute Gasteiger partial charge is 0.254 e. The Kier molecular flexibility index (Phi) is 3.94. The molecule has 2 unspecified atom stereocenters. The average Bonchev–Trinajstić information content (AvgIpc) is 2.42. The van der Waals surface area contributed by atoms with Crippen LogP contribution in [-0.4, -0.2) is 37.2 Å². The highest BCUT2D eigenvalue weighted by Gasteiger charge is 2.49.